The summed E-state index contributed by atoms with van der Waals surface area (Å²) >= 11 is 0. The van der Waals surface area contributed by atoms with E-state index < -0.39 is 0 Å². The van der Waals surface area contributed by atoms with Gasteiger partial charge in [0.25, 0.3) is 0 Å². The number of rotatable bonds is 8. The number of nitriles is 1. The molecule has 1 aliphatic heterocycles. The summed E-state index contributed by atoms with van der Waals surface area (Å²) in [5, 5.41) is 13.5. The Hall–Kier alpha value is -3.09. The zero-order chi connectivity index (χ0) is 24.0. The first kappa shape index (κ1) is 24.6. The molecule has 0 spiro atoms. The van der Waals surface area contributed by atoms with E-state index in [1.54, 1.807) is 0 Å². The molecule has 3 heteroatoms. The van der Waals surface area contributed by atoms with Crippen LogP contribution in [-0.4, -0.2) is 18.0 Å². The van der Waals surface area contributed by atoms with Crippen molar-refractivity contribution >= 4 is 0 Å². The molecule has 1 N–H and O–H groups in total. The third kappa shape index (κ3) is 6.24. The van der Waals surface area contributed by atoms with Crippen molar-refractivity contribution < 1.29 is 0 Å². The number of benzene rings is 2. The van der Waals surface area contributed by atoms with Crippen LogP contribution in [0.2, 0.25) is 0 Å². The minimum atomic E-state index is 0.752. The Morgan fingerprint density at radius 1 is 1.12 bits per heavy atom. The van der Waals surface area contributed by atoms with Crippen LogP contribution < -0.4 is 5.32 Å². The maximum Gasteiger partial charge on any atom is 0.101 e. The fourth-order valence-corrected chi connectivity index (χ4v) is 4.70. The summed E-state index contributed by atoms with van der Waals surface area (Å²) in [5.74, 6) is 0. The average molecular weight is 440 g/mol. The molecule has 0 unspecified atom stereocenters. The summed E-state index contributed by atoms with van der Waals surface area (Å²) in [6.45, 7) is 17.7. The summed E-state index contributed by atoms with van der Waals surface area (Å²) in [5.41, 5.74) is 11.6. The lowest BCUT2D eigenvalue weighted by Crippen LogP contribution is -2.32. The normalized spacial score (nSPS) is 15.2. The van der Waals surface area contributed by atoms with Gasteiger partial charge < -0.3 is 5.32 Å². The van der Waals surface area contributed by atoms with Gasteiger partial charge in [-0.05, 0) is 68.4 Å². The van der Waals surface area contributed by atoms with E-state index in [4.69, 9.17) is 0 Å². The van der Waals surface area contributed by atoms with Gasteiger partial charge in [-0.15, -0.1) is 0 Å². The Morgan fingerprint density at radius 3 is 2.55 bits per heavy atom. The maximum atomic E-state index is 10.1. The molecule has 0 saturated carbocycles. The van der Waals surface area contributed by atoms with Crippen molar-refractivity contribution in [3.8, 4) is 6.07 Å². The highest BCUT2D eigenvalue weighted by Crippen LogP contribution is 2.27. The predicted molar refractivity (Wildman–Crippen MR) is 139 cm³/mol. The van der Waals surface area contributed by atoms with Gasteiger partial charge in [-0.3, -0.25) is 4.90 Å². The van der Waals surface area contributed by atoms with Crippen molar-refractivity contribution in [3.63, 3.8) is 0 Å². The maximum absolute atomic E-state index is 10.1. The molecule has 0 saturated heterocycles. The van der Waals surface area contributed by atoms with Crippen molar-refractivity contribution in [2.75, 3.05) is 13.1 Å². The molecule has 2 aromatic rings. The van der Waals surface area contributed by atoms with Crippen LogP contribution in [0.5, 0.6) is 0 Å². The van der Waals surface area contributed by atoms with Crippen LogP contribution in [-0.2, 0) is 19.4 Å². The monoisotopic (exact) mass is 439 g/mol. The third-order valence-electron chi connectivity index (χ3n) is 6.68. The second-order valence-corrected chi connectivity index (χ2v) is 9.28. The molecule has 0 aliphatic carbocycles. The highest BCUT2D eigenvalue weighted by atomic mass is 15.1. The molecule has 172 valence electrons. The quantitative estimate of drug-likeness (QED) is 0.475. The van der Waals surface area contributed by atoms with Crippen LogP contribution in [0, 0.1) is 25.2 Å². The van der Waals surface area contributed by atoms with Gasteiger partial charge in [0.2, 0.25) is 0 Å². The van der Waals surface area contributed by atoms with E-state index in [0.717, 1.165) is 61.4 Å². The molecule has 0 aromatic heterocycles. The number of nitrogens with zero attached hydrogens (tertiary/aromatic N) is 2. The van der Waals surface area contributed by atoms with E-state index in [0.29, 0.717) is 0 Å². The SMILES string of the molecule is C=C(Cc1cccc(CC)c1C)N/C(C)=C(\C#N)C1=C(C)CCN(Cc2cccc(C)c2)C1. The number of nitrogens with one attached hydrogen (secondary N) is 1. The molecule has 0 fully saturated rings. The third-order valence-corrected chi connectivity index (χ3v) is 6.68. The largest absolute Gasteiger partial charge is 0.362 e. The molecule has 1 aliphatic rings. The lowest BCUT2D eigenvalue weighted by atomic mass is 9.93. The van der Waals surface area contributed by atoms with E-state index in [1.165, 1.54) is 33.4 Å². The zero-order valence-electron chi connectivity index (χ0n) is 20.9. The minimum absolute atomic E-state index is 0.752. The highest BCUT2D eigenvalue weighted by Gasteiger charge is 2.21. The molecule has 1 heterocycles. The standard InChI is InChI=1S/C30H37N3/c1-7-27-12-9-13-28(24(27)5)17-23(4)32-25(6)29(18-31)30-20-33(15-14-22(30)3)19-26-11-8-10-21(2)16-26/h8-13,16,32H,4,7,14-15,17,19-20H2,1-3,5-6H3/b29-25+. The summed E-state index contributed by atoms with van der Waals surface area (Å²) < 4.78 is 0. The highest BCUT2D eigenvalue weighted by molar-refractivity contribution is 5.49. The van der Waals surface area contributed by atoms with E-state index in [-0.39, 0.29) is 0 Å². The van der Waals surface area contributed by atoms with Gasteiger partial charge >= 0.3 is 0 Å². The lowest BCUT2D eigenvalue weighted by Gasteiger charge is -2.30. The lowest BCUT2D eigenvalue weighted by molar-refractivity contribution is 0.279. The van der Waals surface area contributed by atoms with E-state index in [2.05, 4.69) is 93.0 Å². The van der Waals surface area contributed by atoms with E-state index >= 15 is 0 Å². The number of aryl methyl sites for hydroxylation is 2. The molecular formula is C30H37N3. The van der Waals surface area contributed by atoms with Gasteiger partial charge in [0, 0.05) is 37.4 Å². The topological polar surface area (TPSA) is 39.1 Å². The van der Waals surface area contributed by atoms with Crippen LogP contribution in [0.15, 0.2) is 77.2 Å². The molecule has 33 heavy (non-hydrogen) atoms. The van der Waals surface area contributed by atoms with Gasteiger partial charge in [-0.1, -0.05) is 67.1 Å². The molecule has 0 bridgehead atoms. The van der Waals surface area contributed by atoms with Crippen LogP contribution >= 0.6 is 0 Å². The smallest absolute Gasteiger partial charge is 0.101 e. The zero-order valence-corrected chi connectivity index (χ0v) is 20.9. The second-order valence-electron chi connectivity index (χ2n) is 9.28. The van der Waals surface area contributed by atoms with Crippen molar-refractivity contribution in [2.24, 2.45) is 0 Å². The van der Waals surface area contributed by atoms with Gasteiger partial charge in [0.15, 0.2) is 0 Å². The molecule has 0 amide bonds. The Balaban J connectivity index is 1.74. The molecule has 2 aromatic carbocycles. The molecular weight excluding hydrogens is 402 g/mol. The van der Waals surface area contributed by atoms with Crippen LogP contribution in [0.1, 0.15) is 55.0 Å². The van der Waals surface area contributed by atoms with Gasteiger partial charge in [-0.25, -0.2) is 0 Å². The number of allylic oxidation sites excluding steroid dienone is 2. The fraction of sp³-hybridized carbons (Fsp3) is 0.367. The van der Waals surface area contributed by atoms with Crippen molar-refractivity contribution in [1.82, 2.24) is 10.2 Å². The van der Waals surface area contributed by atoms with Crippen LogP contribution in [0.4, 0.5) is 0 Å². The van der Waals surface area contributed by atoms with Crippen molar-refractivity contribution in [3.05, 3.63) is 105 Å². The summed E-state index contributed by atoms with van der Waals surface area (Å²) in [7, 11) is 0. The Kier molecular flexibility index (Phi) is 8.31. The molecule has 3 rings (SSSR count). The second kappa shape index (κ2) is 11.2. The summed E-state index contributed by atoms with van der Waals surface area (Å²) in [4.78, 5) is 2.44. The predicted octanol–water partition coefficient (Wildman–Crippen LogP) is 6.53. The summed E-state index contributed by atoms with van der Waals surface area (Å²) in [6, 6.07) is 17.7. The molecule has 3 nitrogen and oxygen atoms in total. The van der Waals surface area contributed by atoms with Gasteiger partial charge in [0.1, 0.15) is 6.07 Å². The van der Waals surface area contributed by atoms with Gasteiger partial charge in [0.05, 0.1) is 5.57 Å². The van der Waals surface area contributed by atoms with Crippen LogP contribution in [0.3, 0.4) is 0 Å². The first-order chi connectivity index (χ1) is 15.8. The van der Waals surface area contributed by atoms with Crippen LogP contribution in [0.25, 0.3) is 0 Å². The molecule has 0 atom stereocenters. The fourth-order valence-electron chi connectivity index (χ4n) is 4.70. The number of hydrogen-bond donors (Lipinski definition) is 1. The van der Waals surface area contributed by atoms with Gasteiger partial charge in [-0.2, -0.15) is 5.26 Å². The Labute approximate surface area is 200 Å². The van der Waals surface area contributed by atoms with E-state index in [1.807, 2.05) is 6.92 Å². The summed E-state index contributed by atoms with van der Waals surface area (Å²) in [6.07, 6.45) is 2.78. The molecule has 0 radical (unpaired) electrons. The Bertz CT molecular complexity index is 1130. The van der Waals surface area contributed by atoms with Crippen molar-refractivity contribution in [2.45, 2.75) is 60.4 Å². The Morgan fingerprint density at radius 2 is 1.85 bits per heavy atom. The van der Waals surface area contributed by atoms with Crippen molar-refractivity contribution in [1.29, 1.82) is 5.26 Å². The average Bonchev–Trinajstić information content (AvgIpc) is 2.78. The first-order valence-electron chi connectivity index (χ1n) is 11.9. The first-order valence-corrected chi connectivity index (χ1v) is 11.9. The van der Waals surface area contributed by atoms with E-state index in [9.17, 15) is 5.26 Å². The minimum Gasteiger partial charge on any atom is -0.362 e. The number of hydrogen-bond acceptors (Lipinski definition) is 3.